The van der Waals surface area contributed by atoms with E-state index < -0.39 is 15.9 Å². The summed E-state index contributed by atoms with van der Waals surface area (Å²) in [7, 11) is -3.16. The molecule has 1 atom stereocenters. The van der Waals surface area contributed by atoms with Gasteiger partial charge in [-0.1, -0.05) is 37.8 Å². The van der Waals surface area contributed by atoms with Crippen LogP contribution in [0.4, 0.5) is 0 Å². The van der Waals surface area contributed by atoms with Crippen LogP contribution in [0.1, 0.15) is 50.2 Å². The van der Waals surface area contributed by atoms with Crippen LogP contribution in [-0.2, 0) is 9.84 Å². The van der Waals surface area contributed by atoms with E-state index in [1.807, 2.05) is 0 Å². The molecule has 1 N–H and O–H groups in total. The van der Waals surface area contributed by atoms with Gasteiger partial charge < -0.3 is 5.11 Å². The Morgan fingerprint density at radius 2 is 1.58 bits per heavy atom. The molecule has 3 nitrogen and oxygen atoms in total. The van der Waals surface area contributed by atoms with Crippen molar-refractivity contribution in [3.63, 3.8) is 0 Å². The van der Waals surface area contributed by atoms with Gasteiger partial charge in [0, 0.05) is 6.26 Å². The first kappa shape index (κ1) is 14.5. The molecule has 0 aliphatic heterocycles. The second-order valence-electron chi connectivity index (χ2n) is 5.54. The molecule has 0 radical (unpaired) electrons. The second kappa shape index (κ2) is 6.06. The van der Waals surface area contributed by atoms with Gasteiger partial charge in [-0.3, -0.25) is 0 Å². The molecule has 1 saturated carbocycles. The summed E-state index contributed by atoms with van der Waals surface area (Å²) >= 11 is 0. The van der Waals surface area contributed by atoms with Crippen molar-refractivity contribution in [2.45, 2.75) is 49.5 Å². The van der Waals surface area contributed by atoms with Crippen LogP contribution in [0.25, 0.3) is 0 Å². The van der Waals surface area contributed by atoms with Crippen molar-refractivity contribution in [1.82, 2.24) is 0 Å². The molecule has 0 aromatic heterocycles. The van der Waals surface area contributed by atoms with Crippen molar-refractivity contribution >= 4 is 9.84 Å². The molecular formula is C15H22O3S. The lowest BCUT2D eigenvalue weighted by atomic mass is 9.89. The largest absolute Gasteiger partial charge is 0.388 e. The highest BCUT2D eigenvalue weighted by atomic mass is 32.2. The quantitative estimate of drug-likeness (QED) is 0.867. The first-order chi connectivity index (χ1) is 8.98. The zero-order valence-corrected chi connectivity index (χ0v) is 12.2. The van der Waals surface area contributed by atoms with Crippen LogP contribution < -0.4 is 0 Å². The smallest absolute Gasteiger partial charge is 0.175 e. The third-order valence-corrected chi connectivity index (χ3v) is 5.12. The van der Waals surface area contributed by atoms with Crippen LogP contribution in [0.2, 0.25) is 0 Å². The molecule has 0 spiro atoms. The van der Waals surface area contributed by atoms with E-state index in [0.29, 0.717) is 10.8 Å². The predicted molar refractivity (Wildman–Crippen MR) is 75.7 cm³/mol. The number of aliphatic hydroxyl groups is 1. The van der Waals surface area contributed by atoms with Crippen molar-refractivity contribution in [2.24, 2.45) is 5.92 Å². The minimum Gasteiger partial charge on any atom is -0.388 e. The van der Waals surface area contributed by atoms with E-state index in [0.717, 1.165) is 18.4 Å². The van der Waals surface area contributed by atoms with E-state index in [2.05, 4.69) is 0 Å². The summed E-state index contributed by atoms with van der Waals surface area (Å²) < 4.78 is 22.8. The average Bonchev–Trinajstić information content (AvgIpc) is 2.66. The summed E-state index contributed by atoms with van der Waals surface area (Å²) in [4.78, 5) is 0.310. The van der Waals surface area contributed by atoms with Crippen molar-refractivity contribution < 1.29 is 13.5 Å². The van der Waals surface area contributed by atoms with Gasteiger partial charge >= 0.3 is 0 Å². The van der Waals surface area contributed by atoms with E-state index in [9.17, 15) is 13.5 Å². The summed E-state index contributed by atoms with van der Waals surface area (Å²) in [6, 6.07) is 6.66. The lowest BCUT2D eigenvalue weighted by Gasteiger charge is -2.21. The molecule has 0 bridgehead atoms. The fraction of sp³-hybridized carbons (Fsp3) is 0.600. The van der Waals surface area contributed by atoms with Gasteiger partial charge in [-0.25, -0.2) is 8.42 Å². The molecule has 1 fully saturated rings. The van der Waals surface area contributed by atoms with Gasteiger partial charge in [-0.15, -0.1) is 0 Å². The van der Waals surface area contributed by atoms with Crippen LogP contribution in [0.3, 0.4) is 0 Å². The Morgan fingerprint density at radius 3 is 2.05 bits per heavy atom. The van der Waals surface area contributed by atoms with Crippen LogP contribution in [0.5, 0.6) is 0 Å². The lowest BCUT2D eigenvalue weighted by Crippen LogP contribution is -2.12. The maximum atomic E-state index is 11.4. The Labute approximate surface area is 115 Å². The standard InChI is InChI=1S/C15H22O3S/c1-19(17,18)14-10-8-13(9-11-14)15(16)12-6-4-2-3-5-7-12/h8-12,15-16H,2-7H2,1H3. The Morgan fingerprint density at radius 1 is 1.05 bits per heavy atom. The third-order valence-electron chi connectivity index (χ3n) is 4.00. The van der Waals surface area contributed by atoms with Crippen LogP contribution in [0.15, 0.2) is 29.2 Å². The fourth-order valence-electron chi connectivity index (χ4n) is 2.81. The highest BCUT2D eigenvalue weighted by Gasteiger charge is 2.22. The molecule has 2 rings (SSSR count). The van der Waals surface area contributed by atoms with Gasteiger partial charge in [0.15, 0.2) is 9.84 Å². The second-order valence-corrected chi connectivity index (χ2v) is 7.55. The molecule has 4 heteroatoms. The topological polar surface area (TPSA) is 54.4 Å². The molecule has 0 saturated heterocycles. The molecule has 19 heavy (non-hydrogen) atoms. The molecule has 1 aliphatic rings. The molecular weight excluding hydrogens is 260 g/mol. The SMILES string of the molecule is CS(=O)(=O)c1ccc(C(O)C2CCCCCC2)cc1. The van der Waals surface area contributed by atoms with Gasteiger partial charge in [-0.05, 0) is 36.5 Å². The van der Waals surface area contributed by atoms with E-state index in [-0.39, 0.29) is 0 Å². The summed E-state index contributed by atoms with van der Waals surface area (Å²) in [6.07, 6.45) is 7.75. The summed E-state index contributed by atoms with van der Waals surface area (Å²) in [6.45, 7) is 0. The van der Waals surface area contributed by atoms with Gasteiger partial charge in [0.05, 0.1) is 11.0 Å². The zero-order valence-electron chi connectivity index (χ0n) is 11.4. The minimum atomic E-state index is -3.16. The Balaban J connectivity index is 2.12. The normalized spacial score (nSPS) is 19.9. The Kier molecular flexibility index (Phi) is 4.63. The first-order valence-electron chi connectivity index (χ1n) is 6.96. The van der Waals surface area contributed by atoms with E-state index >= 15 is 0 Å². The number of benzene rings is 1. The lowest BCUT2D eigenvalue weighted by molar-refractivity contribution is 0.0987. The number of hydrogen-bond acceptors (Lipinski definition) is 3. The predicted octanol–water partition coefficient (Wildman–Crippen LogP) is 3.09. The van der Waals surface area contributed by atoms with Crippen LogP contribution >= 0.6 is 0 Å². The highest BCUT2D eigenvalue weighted by molar-refractivity contribution is 7.90. The van der Waals surface area contributed by atoms with E-state index in [1.54, 1.807) is 24.3 Å². The maximum absolute atomic E-state index is 11.4. The minimum absolute atomic E-state index is 0.310. The number of aliphatic hydroxyl groups excluding tert-OH is 1. The summed E-state index contributed by atoms with van der Waals surface area (Å²) in [5.41, 5.74) is 0.833. The van der Waals surface area contributed by atoms with Crippen molar-refractivity contribution in [2.75, 3.05) is 6.26 Å². The number of sulfone groups is 1. The zero-order chi connectivity index (χ0) is 13.9. The van der Waals surface area contributed by atoms with E-state index in [1.165, 1.54) is 31.9 Å². The number of rotatable bonds is 3. The van der Waals surface area contributed by atoms with Gasteiger partial charge in [0.1, 0.15) is 0 Å². The van der Waals surface area contributed by atoms with Crippen molar-refractivity contribution in [3.8, 4) is 0 Å². The van der Waals surface area contributed by atoms with Gasteiger partial charge in [-0.2, -0.15) is 0 Å². The molecule has 1 aromatic carbocycles. The van der Waals surface area contributed by atoms with Crippen LogP contribution in [-0.4, -0.2) is 19.8 Å². The molecule has 1 aromatic rings. The fourth-order valence-corrected chi connectivity index (χ4v) is 3.44. The van der Waals surface area contributed by atoms with Crippen molar-refractivity contribution in [3.05, 3.63) is 29.8 Å². The molecule has 1 unspecified atom stereocenters. The summed E-state index contributed by atoms with van der Waals surface area (Å²) in [5.74, 6) is 0.312. The third kappa shape index (κ3) is 3.80. The van der Waals surface area contributed by atoms with E-state index in [4.69, 9.17) is 0 Å². The van der Waals surface area contributed by atoms with Gasteiger partial charge in [0.25, 0.3) is 0 Å². The monoisotopic (exact) mass is 282 g/mol. The molecule has 1 aliphatic carbocycles. The summed E-state index contributed by atoms with van der Waals surface area (Å²) in [5, 5.41) is 10.4. The average molecular weight is 282 g/mol. The van der Waals surface area contributed by atoms with Crippen LogP contribution in [0, 0.1) is 5.92 Å². The molecule has 0 heterocycles. The number of hydrogen-bond donors (Lipinski definition) is 1. The highest BCUT2D eigenvalue weighted by Crippen LogP contribution is 2.33. The Bertz CT molecular complexity index is 497. The first-order valence-corrected chi connectivity index (χ1v) is 8.86. The Hall–Kier alpha value is -0.870. The molecule has 0 amide bonds. The molecule has 106 valence electrons. The maximum Gasteiger partial charge on any atom is 0.175 e. The van der Waals surface area contributed by atoms with Gasteiger partial charge in [0.2, 0.25) is 0 Å². The van der Waals surface area contributed by atoms with Crippen molar-refractivity contribution in [1.29, 1.82) is 0 Å².